The van der Waals surface area contributed by atoms with Crippen molar-refractivity contribution in [1.82, 2.24) is 19.8 Å². The Hall–Kier alpha value is -3.27. The molecule has 216 valence electrons. The highest BCUT2D eigenvalue weighted by Gasteiger charge is 2.44. The Kier molecular flexibility index (Phi) is 7.61. The van der Waals surface area contributed by atoms with Crippen LogP contribution in [0.5, 0.6) is 6.01 Å². The molecule has 0 N–H and O–H groups in total. The molecular formula is C31H35ClFN5O3. The molecule has 1 aromatic heterocycles. The molecule has 1 saturated heterocycles. The Bertz CT molecular complexity index is 1480. The van der Waals surface area contributed by atoms with Crippen LogP contribution in [-0.2, 0) is 22.6 Å². The second kappa shape index (κ2) is 11.2. The van der Waals surface area contributed by atoms with Crippen LogP contribution in [0.1, 0.15) is 35.8 Å². The van der Waals surface area contributed by atoms with E-state index < -0.39 is 11.7 Å². The van der Waals surface area contributed by atoms with Crippen LogP contribution in [0.3, 0.4) is 0 Å². The summed E-state index contributed by atoms with van der Waals surface area (Å²) in [4.78, 5) is 27.7. The number of carbonyl (C=O) groups excluding carboxylic acids is 1. The highest BCUT2D eigenvalue weighted by Crippen LogP contribution is 2.46. The zero-order chi connectivity index (χ0) is 28.7. The van der Waals surface area contributed by atoms with E-state index in [0.717, 1.165) is 52.8 Å². The van der Waals surface area contributed by atoms with Crippen molar-refractivity contribution in [2.75, 3.05) is 58.3 Å². The summed E-state index contributed by atoms with van der Waals surface area (Å²) in [5, 5.41) is 2.75. The van der Waals surface area contributed by atoms with Crippen LogP contribution in [0.2, 0.25) is 5.02 Å². The SMILES string of the molecule is C=C(F)C(=O)N1CCN(c2nc(OCC3(CN(C)C)CC3)nc3c2COC(c2cccc4cccc(Cl)c24)C3)CC1. The van der Waals surface area contributed by atoms with E-state index in [1.807, 2.05) is 18.2 Å². The van der Waals surface area contributed by atoms with Crippen molar-refractivity contribution in [2.45, 2.75) is 32.0 Å². The summed E-state index contributed by atoms with van der Waals surface area (Å²) in [6, 6.07) is 12.4. The number of benzene rings is 2. The molecule has 1 unspecified atom stereocenters. The fourth-order valence-corrected chi connectivity index (χ4v) is 6.34. The van der Waals surface area contributed by atoms with Gasteiger partial charge < -0.3 is 24.2 Å². The summed E-state index contributed by atoms with van der Waals surface area (Å²) < 4.78 is 26.2. The van der Waals surface area contributed by atoms with Crippen molar-refractivity contribution >= 4 is 34.1 Å². The van der Waals surface area contributed by atoms with Gasteiger partial charge in [-0.2, -0.15) is 9.97 Å². The third-order valence-electron chi connectivity index (χ3n) is 8.31. The topological polar surface area (TPSA) is 71.0 Å². The van der Waals surface area contributed by atoms with E-state index in [9.17, 15) is 9.18 Å². The summed E-state index contributed by atoms with van der Waals surface area (Å²) in [7, 11) is 4.16. The first kappa shape index (κ1) is 27.9. The fourth-order valence-electron chi connectivity index (χ4n) is 6.05. The molecule has 6 rings (SSSR count). The van der Waals surface area contributed by atoms with Gasteiger partial charge in [0.25, 0.3) is 5.91 Å². The molecule has 8 nitrogen and oxygen atoms in total. The van der Waals surface area contributed by atoms with Gasteiger partial charge in [-0.15, -0.1) is 0 Å². The molecule has 41 heavy (non-hydrogen) atoms. The van der Waals surface area contributed by atoms with Gasteiger partial charge >= 0.3 is 6.01 Å². The molecule has 1 amide bonds. The number of hydrogen-bond donors (Lipinski definition) is 0. The average molecular weight is 580 g/mol. The molecule has 2 fully saturated rings. The van der Waals surface area contributed by atoms with E-state index in [1.165, 1.54) is 4.90 Å². The van der Waals surface area contributed by atoms with E-state index in [0.29, 0.717) is 56.8 Å². The molecule has 0 bridgehead atoms. The molecule has 1 aliphatic carbocycles. The number of hydrogen-bond acceptors (Lipinski definition) is 7. The lowest BCUT2D eigenvalue weighted by Gasteiger charge is -2.37. The molecule has 0 spiro atoms. The standard InChI is InChI=1S/C31H35ClFN5O3/c1-20(33)29(39)38-14-12-37(13-15-38)28-23-17-40-26(22-8-4-6-21-7-5-9-24(32)27(21)22)16-25(23)34-30(35-28)41-19-31(10-11-31)18-36(2)3/h4-9,26H,1,10-19H2,2-3H3. The summed E-state index contributed by atoms with van der Waals surface area (Å²) >= 11 is 6.64. The number of carbonyl (C=O) groups is 1. The Balaban J connectivity index is 1.30. The van der Waals surface area contributed by atoms with Gasteiger partial charge in [0.05, 0.1) is 25.0 Å². The number of piperazine rings is 1. The Labute approximate surface area is 244 Å². The Morgan fingerprint density at radius 2 is 1.90 bits per heavy atom. The van der Waals surface area contributed by atoms with Crippen LogP contribution in [0.15, 0.2) is 48.8 Å². The van der Waals surface area contributed by atoms with Gasteiger partial charge in [-0.1, -0.05) is 48.5 Å². The third kappa shape index (κ3) is 5.76. The van der Waals surface area contributed by atoms with E-state index in [-0.39, 0.29) is 11.5 Å². The lowest BCUT2D eigenvalue weighted by molar-refractivity contribution is -0.128. The first-order chi connectivity index (χ1) is 19.7. The maximum atomic E-state index is 13.5. The van der Waals surface area contributed by atoms with Crippen LogP contribution in [-0.4, -0.2) is 79.1 Å². The van der Waals surface area contributed by atoms with Crippen LogP contribution >= 0.6 is 11.6 Å². The summed E-state index contributed by atoms with van der Waals surface area (Å²) in [6.07, 6.45) is 2.57. The minimum atomic E-state index is -0.937. The van der Waals surface area contributed by atoms with E-state index in [2.05, 4.69) is 48.7 Å². The first-order valence-electron chi connectivity index (χ1n) is 14.1. The second-order valence-corrected chi connectivity index (χ2v) is 12.1. The van der Waals surface area contributed by atoms with Crippen molar-refractivity contribution in [1.29, 1.82) is 0 Å². The molecule has 3 heterocycles. The minimum absolute atomic E-state index is 0.134. The van der Waals surface area contributed by atoms with Crippen molar-refractivity contribution in [3.63, 3.8) is 0 Å². The van der Waals surface area contributed by atoms with Gasteiger partial charge in [-0.3, -0.25) is 4.79 Å². The molecule has 2 aliphatic heterocycles. The minimum Gasteiger partial charge on any atom is -0.463 e. The molecule has 1 atom stereocenters. The predicted octanol–water partition coefficient (Wildman–Crippen LogP) is 4.95. The van der Waals surface area contributed by atoms with Gasteiger partial charge in [-0.25, -0.2) is 4.39 Å². The Morgan fingerprint density at radius 3 is 2.59 bits per heavy atom. The molecule has 2 aromatic carbocycles. The normalized spacial score (nSPS) is 19.8. The van der Waals surface area contributed by atoms with Gasteiger partial charge in [0.1, 0.15) is 5.82 Å². The maximum Gasteiger partial charge on any atom is 0.318 e. The first-order valence-corrected chi connectivity index (χ1v) is 14.5. The lowest BCUT2D eigenvalue weighted by Crippen LogP contribution is -2.49. The number of amides is 1. The van der Waals surface area contributed by atoms with Gasteiger partial charge in [-0.05, 0) is 44.0 Å². The predicted molar refractivity (Wildman–Crippen MR) is 157 cm³/mol. The highest BCUT2D eigenvalue weighted by atomic mass is 35.5. The second-order valence-electron chi connectivity index (χ2n) is 11.7. The molecule has 10 heteroatoms. The van der Waals surface area contributed by atoms with Crippen molar-refractivity contribution in [2.24, 2.45) is 5.41 Å². The van der Waals surface area contributed by atoms with E-state index >= 15 is 0 Å². The molecule has 0 radical (unpaired) electrons. The highest BCUT2D eigenvalue weighted by molar-refractivity contribution is 6.35. The van der Waals surface area contributed by atoms with Crippen LogP contribution < -0.4 is 9.64 Å². The summed E-state index contributed by atoms with van der Waals surface area (Å²) in [5.41, 5.74) is 2.97. The third-order valence-corrected chi connectivity index (χ3v) is 8.62. The summed E-state index contributed by atoms with van der Waals surface area (Å²) in [6.45, 7) is 6.78. The zero-order valence-electron chi connectivity index (χ0n) is 23.5. The largest absolute Gasteiger partial charge is 0.463 e. The molecule has 3 aliphatic rings. The van der Waals surface area contributed by atoms with Gasteiger partial charge in [0.2, 0.25) is 0 Å². The van der Waals surface area contributed by atoms with Gasteiger partial charge in [0, 0.05) is 60.5 Å². The van der Waals surface area contributed by atoms with Crippen LogP contribution in [0.25, 0.3) is 10.8 Å². The number of ether oxygens (including phenoxy) is 2. The van der Waals surface area contributed by atoms with Gasteiger partial charge in [0.15, 0.2) is 5.83 Å². The number of nitrogens with zero attached hydrogens (tertiary/aromatic N) is 5. The monoisotopic (exact) mass is 579 g/mol. The zero-order valence-corrected chi connectivity index (χ0v) is 24.3. The number of aromatic nitrogens is 2. The Morgan fingerprint density at radius 1 is 1.17 bits per heavy atom. The van der Waals surface area contributed by atoms with Crippen molar-refractivity contribution in [3.8, 4) is 6.01 Å². The number of anilines is 1. The van der Waals surface area contributed by atoms with Crippen LogP contribution in [0, 0.1) is 5.41 Å². The van der Waals surface area contributed by atoms with Crippen molar-refractivity contribution < 1.29 is 18.7 Å². The quantitative estimate of drug-likeness (QED) is 0.350. The lowest BCUT2D eigenvalue weighted by atomic mass is 9.94. The number of fused-ring (bicyclic) bond motifs is 2. The number of rotatable bonds is 8. The molecular weight excluding hydrogens is 545 g/mol. The molecule has 1 saturated carbocycles. The van der Waals surface area contributed by atoms with Crippen LogP contribution in [0.4, 0.5) is 10.2 Å². The maximum absolute atomic E-state index is 13.5. The van der Waals surface area contributed by atoms with Crippen molar-refractivity contribution in [3.05, 3.63) is 70.6 Å². The smallest absolute Gasteiger partial charge is 0.318 e. The van der Waals surface area contributed by atoms with E-state index in [4.69, 9.17) is 31.0 Å². The summed E-state index contributed by atoms with van der Waals surface area (Å²) in [5.74, 6) is -0.842. The van der Waals surface area contributed by atoms with E-state index in [1.54, 1.807) is 0 Å². The fraction of sp³-hybridized carbons (Fsp3) is 0.452. The number of halogens is 2. The average Bonchev–Trinajstić information content (AvgIpc) is 3.73. The molecule has 3 aromatic rings.